The molecule has 1 unspecified atom stereocenters. The van der Waals surface area contributed by atoms with E-state index in [1.54, 1.807) is 25.6 Å². The number of amides is 1. The fourth-order valence-electron chi connectivity index (χ4n) is 4.69. The van der Waals surface area contributed by atoms with Crippen LogP contribution in [0.15, 0.2) is 41.1 Å². The highest BCUT2D eigenvalue weighted by molar-refractivity contribution is 7.91. The van der Waals surface area contributed by atoms with Crippen LogP contribution in [0, 0.1) is 13.8 Å². The molecule has 1 amide bonds. The Hall–Kier alpha value is -3.79. The number of fused-ring (bicyclic) bond motifs is 1. The van der Waals surface area contributed by atoms with Gasteiger partial charge in [0.1, 0.15) is 12.1 Å². The number of methoxy groups -OCH3 is 1. The number of nitrogens with zero attached hydrogens (tertiary/aromatic N) is 7. The van der Waals surface area contributed by atoms with Crippen molar-refractivity contribution >= 4 is 49.3 Å². The molecule has 41 heavy (non-hydrogen) atoms. The van der Waals surface area contributed by atoms with Gasteiger partial charge in [0.15, 0.2) is 9.34 Å². The van der Waals surface area contributed by atoms with Gasteiger partial charge < -0.3 is 10.1 Å². The van der Waals surface area contributed by atoms with Crippen molar-refractivity contribution < 1.29 is 17.9 Å². The number of anilines is 2. The van der Waals surface area contributed by atoms with E-state index in [1.165, 1.54) is 11.4 Å². The normalized spacial score (nSPS) is 15.5. The molecular weight excluding hydrogens is 566 g/mol. The van der Waals surface area contributed by atoms with Crippen molar-refractivity contribution in [3.05, 3.63) is 48.3 Å². The van der Waals surface area contributed by atoms with Gasteiger partial charge in [-0.2, -0.15) is 4.31 Å². The number of thiazole rings is 1. The van der Waals surface area contributed by atoms with Crippen LogP contribution < -0.4 is 10.6 Å². The molecule has 15 heteroatoms. The summed E-state index contributed by atoms with van der Waals surface area (Å²) >= 11 is 0.922. The third-order valence-electron chi connectivity index (χ3n) is 6.69. The van der Waals surface area contributed by atoms with Crippen LogP contribution in [-0.2, 0) is 14.8 Å². The molecule has 216 valence electrons. The number of carbonyl (C=O) groups excluding carboxylic acids is 1. The van der Waals surface area contributed by atoms with E-state index in [9.17, 15) is 13.2 Å². The smallest absolute Gasteiger partial charge is 0.413 e. The van der Waals surface area contributed by atoms with E-state index in [1.807, 2.05) is 25.1 Å². The summed E-state index contributed by atoms with van der Waals surface area (Å²) in [7, 11) is -2.51. The van der Waals surface area contributed by atoms with E-state index in [-0.39, 0.29) is 15.4 Å². The highest BCUT2D eigenvalue weighted by Gasteiger charge is 2.32. The van der Waals surface area contributed by atoms with Gasteiger partial charge in [-0.25, -0.2) is 28.2 Å². The number of piperazine rings is 1. The fraction of sp³-hybridized carbons (Fsp3) is 0.385. The molecule has 1 fully saturated rings. The van der Waals surface area contributed by atoms with Gasteiger partial charge in [-0.15, -0.1) is 0 Å². The van der Waals surface area contributed by atoms with Crippen molar-refractivity contribution in [3.63, 3.8) is 0 Å². The Morgan fingerprint density at radius 2 is 1.88 bits per heavy atom. The molecule has 1 atom stereocenters. The Kier molecular flexibility index (Phi) is 8.40. The molecule has 3 aromatic heterocycles. The van der Waals surface area contributed by atoms with E-state index in [0.717, 1.165) is 45.0 Å². The van der Waals surface area contributed by atoms with Gasteiger partial charge in [0.2, 0.25) is 0 Å². The van der Waals surface area contributed by atoms with Crippen LogP contribution in [-0.4, -0.2) is 94.5 Å². The zero-order chi connectivity index (χ0) is 29.1. The second-order valence-electron chi connectivity index (χ2n) is 9.73. The molecule has 2 N–H and O–H groups in total. The molecule has 1 aliphatic rings. The summed E-state index contributed by atoms with van der Waals surface area (Å²) in [6.45, 7) is 8.15. The predicted molar refractivity (Wildman–Crippen MR) is 156 cm³/mol. The standard InChI is InChI=1S/C26H31N9O4S2/c1-16-12-28-21(13-27-16)19-6-5-7-20-22(19)29-15-30-23(20)31-17(2)14-34-8-10-35(11-9-34)41(37,38)24-18(3)32-25(40-24)33-26(36)39-4/h5-7,12-13,15,17H,8-11,14H2,1-4H3,(H,29,30,31)(H,32,33,36). The second-order valence-corrected chi connectivity index (χ2v) is 12.9. The molecule has 1 saturated heterocycles. The van der Waals surface area contributed by atoms with Crippen molar-refractivity contribution in [1.82, 2.24) is 34.1 Å². The van der Waals surface area contributed by atoms with Gasteiger partial charge in [-0.3, -0.25) is 20.2 Å². The zero-order valence-electron chi connectivity index (χ0n) is 23.2. The van der Waals surface area contributed by atoms with Crippen LogP contribution in [0.3, 0.4) is 0 Å². The number of aryl methyl sites for hydroxylation is 2. The van der Waals surface area contributed by atoms with Gasteiger partial charge in [-0.05, 0) is 26.8 Å². The van der Waals surface area contributed by atoms with Crippen LogP contribution in [0.4, 0.5) is 15.7 Å². The number of hydrogen-bond donors (Lipinski definition) is 2. The molecule has 0 bridgehead atoms. The van der Waals surface area contributed by atoms with Gasteiger partial charge in [0.05, 0.1) is 35.9 Å². The Bertz CT molecular complexity index is 1650. The molecule has 4 heterocycles. The lowest BCUT2D eigenvalue weighted by atomic mass is 10.1. The first-order chi connectivity index (χ1) is 19.7. The summed E-state index contributed by atoms with van der Waals surface area (Å²) in [6, 6.07) is 5.94. The summed E-state index contributed by atoms with van der Waals surface area (Å²) in [4.78, 5) is 35.8. The predicted octanol–water partition coefficient (Wildman–Crippen LogP) is 3.15. The lowest BCUT2D eigenvalue weighted by Gasteiger charge is -2.35. The first kappa shape index (κ1) is 28.7. The Balaban J connectivity index is 1.22. The van der Waals surface area contributed by atoms with Crippen molar-refractivity contribution in [1.29, 1.82) is 0 Å². The number of nitrogens with one attached hydrogen (secondary N) is 2. The third kappa shape index (κ3) is 6.27. The number of aromatic nitrogens is 5. The molecule has 5 rings (SSSR count). The minimum atomic E-state index is -3.74. The van der Waals surface area contributed by atoms with Crippen molar-refractivity contribution in [3.8, 4) is 11.3 Å². The van der Waals surface area contributed by atoms with E-state index in [0.29, 0.717) is 38.4 Å². The summed E-state index contributed by atoms with van der Waals surface area (Å²) in [5.41, 5.74) is 3.61. The first-order valence-corrected chi connectivity index (χ1v) is 15.3. The average molecular weight is 598 g/mol. The summed E-state index contributed by atoms with van der Waals surface area (Å²) < 4.78 is 32.8. The van der Waals surface area contributed by atoms with Crippen LogP contribution in [0.5, 0.6) is 0 Å². The largest absolute Gasteiger partial charge is 0.453 e. The number of sulfonamides is 1. The number of hydrogen-bond acceptors (Lipinski definition) is 12. The van der Waals surface area contributed by atoms with E-state index in [2.05, 4.69) is 52.1 Å². The van der Waals surface area contributed by atoms with Gasteiger partial charge in [0, 0.05) is 55.9 Å². The van der Waals surface area contributed by atoms with Crippen LogP contribution in [0.25, 0.3) is 22.2 Å². The summed E-state index contributed by atoms with van der Waals surface area (Å²) in [6.07, 6.45) is 4.32. The minimum Gasteiger partial charge on any atom is -0.453 e. The summed E-state index contributed by atoms with van der Waals surface area (Å²) in [5.74, 6) is 0.725. The maximum Gasteiger partial charge on any atom is 0.413 e. The SMILES string of the molecule is COC(=O)Nc1nc(C)c(S(=O)(=O)N2CCN(CC(C)Nc3ncnc4c(-c5cnc(C)cn5)cccc34)CC2)s1. The Morgan fingerprint density at radius 1 is 1.10 bits per heavy atom. The zero-order valence-corrected chi connectivity index (χ0v) is 24.8. The minimum absolute atomic E-state index is 0.0368. The molecule has 1 aromatic carbocycles. The Labute approximate surface area is 242 Å². The topological polar surface area (TPSA) is 155 Å². The van der Waals surface area contributed by atoms with E-state index < -0.39 is 16.1 Å². The van der Waals surface area contributed by atoms with Gasteiger partial charge in [-0.1, -0.05) is 23.5 Å². The highest BCUT2D eigenvalue weighted by Crippen LogP contribution is 2.31. The van der Waals surface area contributed by atoms with E-state index in [4.69, 9.17) is 0 Å². The number of rotatable bonds is 8. The van der Waals surface area contributed by atoms with Crippen LogP contribution in [0.2, 0.25) is 0 Å². The molecule has 13 nitrogen and oxygen atoms in total. The molecule has 0 aliphatic carbocycles. The number of benzene rings is 1. The molecule has 0 saturated carbocycles. The van der Waals surface area contributed by atoms with Crippen LogP contribution in [0.1, 0.15) is 18.3 Å². The Morgan fingerprint density at radius 3 is 2.59 bits per heavy atom. The lowest BCUT2D eigenvalue weighted by Crippen LogP contribution is -2.50. The summed E-state index contributed by atoms with van der Waals surface area (Å²) in [5, 5.41) is 7.01. The molecule has 0 spiro atoms. The lowest BCUT2D eigenvalue weighted by molar-refractivity contribution is 0.184. The highest BCUT2D eigenvalue weighted by atomic mass is 32.2. The number of para-hydroxylation sites is 1. The monoisotopic (exact) mass is 597 g/mol. The van der Waals surface area contributed by atoms with Gasteiger partial charge >= 0.3 is 6.09 Å². The van der Waals surface area contributed by atoms with Gasteiger partial charge in [0.25, 0.3) is 10.0 Å². The average Bonchev–Trinajstić information content (AvgIpc) is 3.34. The molecule has 1 aliphatic heterocycles. The number of ether oxygens (including phenoxy) is 1. The quantitative estimate of drug-likeness (QED) is 0.308. The second kappa shape index (κ2) is 12.0. The number of carbonyl (C=O) groups is 1. The fourth-order valence-corrected chi connectivity index (χ4v) is 7.65. The molecule has 4 aromatic rings. The van der Waals surface area contributed by atoms with Crippen molar-refractivity contribution in [2.24, 2.45) is 0 Å². The molecule has 0 radical (unpaired) electrons. The van der Waals surface area contributed by atoms with E-state index >= 15 is 0 Å². The maximum absolute atomic E-state index is 13.3. The van der Waals surface area contributed by atoms with Crippen LogP contribution >= 0.6 is 11.3 Å². The maximum atomic E-state index is 13.3. The third-order valence-corrected chi connectivity index (χ3v) is 10.2. The van der Waals surface area contributed by atoms with Crippen molar-refractivity contribution in [2.45, 2.75) is 31.0 Å². The van der Waals surface area contributed by atoms with Crippen molar-refractivity contribution in [2.75, 3.05) is 50.5 Å². The molecular formula is C26H31N9O4S2. The first-order valence-electron chi connectivity index (χ1n) is 13.0.